The number of Topliss-reactive ketones (excluding diaryl/α,β-unsaturated/α-hetero) is 1. The quantitative estimate of drug-likeness (QED) is 0.289. The third-order valence-electron chi connectivity index (χ3n) is 5.91. The molecule has 2 rings (SSSR count). The minimum atomic E-state index is -1.59. The number of aliphatic hydroxyl groups excluding tert-OH is 5. The van der Waals surface area contributed by atoms with Gasteiger partial charge in [0.1, 0.15) is 36.3 Å². The van der Waals surface area contributed by atoms with E-state index in [-0.39, 0.29) is 24.5 Å². The molecular weight excluding hydrogens is 372 g/mol. The molecule has 1 saturated heterocycles. The summed E-state index contributed by atoms with van der Waals surface area (Å²) in [6, 6.07) is 0. The van der Waals surface area contributed by atoms with Gasteiger partial charge in [-0.2, -0.15) is 0 Å². The summed E-state index contributed by atoms with van der Waals surface area (Å²) in [4.78, 5) is 11.9. The summed E-state index contributed by atoms with van der Waals surface area (Å²) >= 11 is 0. The summed E-state index contributed by atoms with van der Waals surface area (Å²) in [6.07, 6.45) is -4.83. The van der Waals surface area contributed by atoms with Crippen LogP contribution in [0.3, 0.4) is 0 Å². The summed E-state index contributed by atoms with van der Waals surface area (Å²) < 4.78 is 10.8. The summed E-state index contributed by atoms with van der Waals surface area (Å²) in [5.74, 6) is -0.265. The zero-order chi connectivity index (χ0) is 21.3. The maximum absolute atomic E-state index is 11.9. The van der Waals surface area contributed by atoms with E-state index >= 15 is 0 Å². The van der Waals surface area contributed by atoms with E-state index in [4.69, 9.17) is 9.47 Å². The molecule has 0 bridgehead atoms. The van der Waals surface area contributed by atoms with E-state index in [0.717, 1.165) is 0 Å². The van der Waals surface area contributed by atoms with Gasteiger partial charge in [0.25, 0.3) is 0 Å². The first-order valence-corrected chi connectivity index (χ1v) is 9.47. The number of hydrogen-bond acceptors (Lipinski definition) is 9. The lowest BCUT2D eigenvalue weighted by Gasteiger charge is -2.48. The molecule has 0 radical (unpaired) electrons. The Morgan fingerprint density at radius 3 is 2.39 bits per heavy atom. The molecule has 28 heavy (non-hydrogen) atoms. The highest BCUT2D eigenvalue weighted by atomic mass is 16.7. The van der Waals surface area contributed by atoms with Gasteiger partial charge < -0.3 is 40.1 Å². The Bertz CT molecular complexity index is 576. The minimum absolute atomic E-state index is 0.0758. The zero-order valence-electron chi connectivity index (χ0n) is 16.4. The highest BCUT2D eigenvalue weighted by Gasteiger charge is 2.51. The maximum atomic E-state index is 11.9. The molecule has 6 N–H and O–H groups in total. The van der Waals surface area contributed by atoms with E-state index in [1.54, 1.807) is 20.8 Å². The molecule has 0 aromatic heterocycles. The van der Waals surface area contributed by atoms with Crippen LogP contribution in [0, 0.1) is 11.3 Å². The molecule has 0 aromatic carbocycles. The van der Waals surface area contributed by atoms with Gasteiger partial charge in [-0.15, -0.1) is 0 Å². The van der Waals surface area contributed by atoms with Gasteiger partial charge in [0.2, 0.25) is 0 Å². The lowest BCUT2D eigenvalue weighted by atomic mass is 9.60. The van der Waals surface area contributed by atoms with E-state index in [0.29, 0.717) is 0 Å². The number of ether oxygens (including phenoxy) is 2. The van der Waals surface area contributed by atoms with Crippen molar-refractivity contribution in [1.29, 1.82) is 0 Å². The van der Waals surface area contributed by atoms with Crippen LogP contribution in [-0.2, 0) is 14.3 Å². The summed E-state index contributed by atoms with van der Waals surface area (Å²) in [5, 5.41) is 59.7. The van der Waals surface area contributed by atoms with Crippen molar-refractivity contribution in [2.75, 3.05) is 13.2 Å². The van der Waals surface area contributed by atoms with Crippen molar-refractivity contribution >= 4 is 5.78 Å². The van der Waals surface area contributed by atoms with Crippen molar-refractivity contribution in [2.24, 2.45) is 11.3 Å². The third kappa shape index (κ3) is 4.47. The number of hydrogen-bond donors (Lipinski definition) is 6. The Balaban J connectivity index is 2.14. The Hall–Kier alpha value is -0.910. The van der Waals surface area contributed by atoms with E-state index in [1.807, 2.05) is 0 Å². The fourth-order valence-electron chi connectivity index (χ4n) is 4.02. The van der Waals surface area contributed by atoms with Crippen LogP contribution in [0.1, 0.15) is 33.6 Å². The van der Waals surface area contributed by atoms with Crippen LogP contribution in [0.5, 0.6) is 0 Å². The van der Waals surface area contributed by atoms with Crippen LogP contribution in [0.25, 0.3) is 0 Å². The SMILES string of the molecule is C[C@@H]1CC(=O)CC(C)(C)[C@@]1(O)C=CC(CO)O[C@@H]1O[C@H](CO)[C@@H](O)[C@H](O)[C@H]1O. The highest BCUT2D eigenvalue weighted by molar-refractivity contribution is 5.81. The summed E-state index contributed by atoms with van der Waals surface area (Å²) in [7, 11) is 0. The summed E-state index contributed by atoms with van der Waals surface area (Å²) in [6.45, 7) is 4.25. The number of aliphatic hydroxyl groups is 6. The van der Waals surface area contributed by atoms with Crippen molar-refractivity contribution in [3.05, 3.63) is 12.2 Å². The number of carbonyl (C=O) groups is 1. The summed E-state index contributed by atoms with van der Waals surface area (Å²) in [5.41, 5.74) is -2.03. The molecule has 9 heteroatoms. The van der Waals surface area contributed by atoms with Crippen LogP contribution in [0.2, 0.25) is 0 Å². The van der Waals surface area contributed by atoms with Gasteiger partial charge in [-0.05, 0) is 5.92 Å². The average Bonchev–Trinajstić information content (AvgIpc) is 2.62. The van der Waals surface area contributed by atoms with Crippen LogP contribution in [0.15, 0.2) is 12.2 Å². The van der Waals surface area contributed by atoms with Crippen molar-refractivity contribution in [3.8, 4) is 0 Å². The standard InChI is InChI=1S/C19H32O9/c1-10-6-11(22)7-18(2,3)19(10,26)5-4-12(8-20)27-17-16(25)15(24)14(23)13(9-21)28-17/h4-5,10,12-17,20-21,23-26H,6-9H2,1-3H3/t10-,12?,13-,14-,15+,16-,17-,19-/m1/s1. The van der Waals surface area contributed by atoms with Crippen LogP contribution in [-0.4, -0.2) is 92.0 Å². The zero-order valence-corrected chi connectivity index (χ0v) is 16.4. The van der Waals surface area contributed by atoms with Crippen molar-refractivity contribution in [1.82, 2.24) is 0 Å². The number of carbonyl (C=O) groups excluding carboxylic acids is 1. The predicted octanol–water partition coefficient (Wildman–Crippen LogP) is -1.52. The highest BCUT2D eigenvalue weighted by Crippen LogP contribution is 2.46. The molecule has 1 aliphatic heterocycles. The molecule has 0 amide bonds. The third-order valence-corrected chi connectivity index (χ3v) is 5.91. The van der Waals surface area contributed by atoms with Gasteiger partial charge in [0.05, 0.1) is 18.8 Å². The maximum Gasteiger partial charge on any atom is 0.187 e. The average molecular weight is 404 g/mol. The molecule has 1 saturated carbocycles. The molecule has 1 heterocycles. The van der Waals surface area contributed by atoms with E-state index in [9.17, 15) is 35.4 Å². The first-order chi connectivity index (χ1) is 13.0. The molecule has 2 fully saturated rings. The first-order valence-electron chi connectivity index (χ1n) is 9.47. The topological polar surface area (TPSA) is 157 Å². The Morgan fingerprint density at radius 2 is 1.86 bits per heavy atom. The Morgan fingerprint density at radius 1 is 1.21 bits per heavy atom. The van der Waals surface area contributed by atoms with Gasteiger partial charge in [0, 0.05) is 18.3 Å². The fraction of sp³-hybridized carbons (Fsp3) is 0.842. The molecule has 2 aliphatic rings. The smallest absolute Gasteiger partial charge is 0.187 e. The van der Waals surface area contributed by atoms with Crippen LogP contribution in [0.4, 0.5) is 0 Å². The Kier molecular flexibility index (Phi) is 7.38. The van der Waals surface area contributed by atoms with Gasteiger partial charge in [-0.1, -0.05) is 32.9 Å². The van der Waals surface area contributed by atoms with Crippen LogP contribution >= 0.6 is 0 Å². The lowest BCUT2D eigenvalue weighted by Crippen LogP contribution is -2.59. The molecule has 9 nitrogen and oxygen atoms in total. The van der Waals surface area contributed by atoms with Crippen molar-refractivity contribution in [2.45, 2.75) is 76.0 Å². The van der Waals surface area contributed by atoms with Gasteiger partial charge in [-0.3, -0.25) is 4.79 Å². The van der Waals surface area contributed by atoms with Gasteiger partial charge in [0.15, 0.2) is 6.29 Å². The van der Waals surface area contributed by atoms with E-state index in [1.165, 1.54) is 12.2 Å². The van der Waals surface area contributed by atoms with Crippen molar-refractivity contribution in [3.63, 3.8) is 0 Å². The first kappa shape index (κ1) is 23.4. The normalized spacial score (nSPS) is 42.7. The second kappa shape index (κ2) is 8.85. The fourth-order valence-corrected chi connectivity index (χ4v) is 4.02. The largest absolute Gasteiger partial charge is 0.394 e. The molecular formula is C19H32O9. The molecule has 1 aliphatic carbocycles. The molecule has 0 spiro atoms. The second-order valence-electron chi connectivity index (χ2n) is 8.44. The van der Waals surface area contributed by atoms with Gasteiger partial charge in [-0.25, -0.2) is 0 Å². The Labute approximate surface area is 164 Å². The van der Waals surface area contributed by atoms with Crippen LogP contribution < -0.4 is 0 Å². The molecule has 0 aromatic rings. The molecule has 162 valence electrons. The molecule has 1 unspecified atom stereocenters. The van der Waals surface area contributed by atoms with Crippen molar-refractivity contribution < 1.29 is 44.9 Å². The minimum Gasteiger partial charge on any atom is -0.394 e. The number of rotatable bonds is 6. The second-order valence-corrected chi connectivity index (χ2v) is 8.44. The predicted molar refractivity (Wildman–Crippen MR) is 97.0 cm³/mol. The van der Waals surface area contributed by atoms with E-state index < -0.39 is 61.0 Å². The number of ketones is 1. The van der Waals surface area contributed by atoms with E-state index in [2.05, 4.69) is 0 Å². The molecule has 8 atom stereocenters. The monoisotopic (exact) mass is 404 g/mol. The van der Waals surface area contributed by atoms with Gasteiger partial charge >= 0.3 is 0 Å². The lowest BCUT2D eigenvalue weighted by molar-refractivity contribution is -0.309.